The zero-order valence-electron chi connectivity index (χ0n) is 18.6. The number of nitrogens with zero attached hydrogens (tertiary/aromatic N) is 3. The van der Waals surface area contributed by atoms with Gasteiger partial charge in [-0.25, -0.2) is 4.79 Å². The number of ether oxygens (including phenoxy) is 2. The number of aromatic nitrogens is 2. The number of esters is 1. The number of hydrogen-bond acceptors (Lipinski definition) is 6. The Hall–Kier alpha value is -3.36. The minimum Gasteiger partial charge on any atom is -0.497 e. The number of hydrogen-bond donors (Lipinski definition) is 1. The first-order valence-electron chi connectivity index (χ1n) is 10.9. The first kappa shape index (κ1) is 21.9. The molecule has 1 aromatic carbocycles. The van der Waals surface area contributed by atoms with Crippen LogP contribution < -0.4 is 15.0 Å². The Bertz CT molecular complexity index is 1030. The zero-order chi connectivity index (χ0) is 22.9. The molecule has 2 aliphatic rings. The standard InChI is InChI=1S/C23H28N4O5/c1-4-32-21(29)18-13-19-20(28)27(16-9-11-17(31-3)12-10-16)23(2,14-26(19)25-18)22(30)24-15-7-5-6-8-15/h9-13,15H,4-8,14H2,1-3H3,(H,24,30)/t23-/m0/s1. The van der Waals surface area contributed by atoms with Crippen LogP contribution in [-0.2, 0) is 16.1 Å². The van der Waals surface area contributed by atoms with E-state index in [0.29, 0.717) is 11.4 Å². The highest BCUT2D eigenvalue weighted by Crippen LogP contribution is 2.34. The molecule has 1 aliphatic heterocycles. The van der Waals surface area contributed by atoms with Gasteiger partial charge in [-0.15, -0.1) is 0 Å². The summed E-state index contributed by atoms with van der Waals surface area (Å²) >= 11 is 0. The Morgan fingerprint density at radius 3 is 2.53 bits per heavy atom. The summed E-state index contributed by atoms with van der Waals surface area (Å²) in [5.74, 6) is -0.610. The van der Waals surface area contributed by atoms with Crippen molar-refractivity contribution in [2.24, 2.45) is 0 Å². The van der Waals surface area contributed by atoms with E-state index in [1.165, 1.54) is 15.6 Å². The number of rotatable bonds is 6. The van der Waals surface area contributed by atoms with Crippen LogP contribution in [0.4, 0.5) is 5.69 Å². The summed E-state index contributed by atoms with van der Waals surface area (Å²) < 4.78 is 11.7. The van der Waals surface area contributed by atoms with Crippen LogP contribution in [0.25, 0.3) is 0 Å². The molecular formula is C23H28N4O5. The number of benzene rings is 1. The van der Waals surface area contributed by atoms with Crippen LogP contribution in [0, 0.1) is 0 Å². The lowest BCUT2D eigenvalue weighted by molar-refractivity contribution is -0.127. The third-order valence-electron chi connectivity index (χ3n) is 6.15. The number of amides is 2. The molecule has 1 atom stereocenters. The van der Waals surface area contributed by atoms with E-state index in [-0.39, 0.29) is 36.5 Å². The van der Waals surface area contributed by atoms with Crippen molar-refractivity contribution >= 4 is 23.5 Å². The number of anilines is 1. The fourth-order valence-electron chi connectivity index (χ4n) is 4.43. The van der Waals surface area contributed by atoms with Crippen LogP contribution in [0.5, 0.6) is 5.75 Å². The number of nitrogens with one attached hydrogen (secondary N) is 1. The van der Waals surface area contributed by atoms with Crippen molar-refractivity contribution in [3.63, 3.8) is 0 Å². The van der Waals surface area contributed by atoms with Crippen LogP contribution in [0.2, 0.25) is 0 Å². The fraction of sp³-hybridized carbons (Fsp3) is 0.478. The largest absolute Gasteiger partial charge is 0.497 e. The SMILES string of the molecule is CCOC(=O)c1cc2n(n1)C[C@@](C)(C(=O)NC1CCCC1)N(c1ccc(OC)cc1)C2=O. The molecule has 1 N–H and O–H groups in total. The number of methoxy groups -OCH3 is 1. The van der Waals surface area contributed by atoms with E-state index < -0.39 is 17.4 Å². The van der Waals surface area contributed by atoms with Gasteiger partial charge in [-0.1, -0.05) is 12.8 Å². The van der Waals surface area contributed by atoms with Gasteiger partial charge in [0.15, 0.2) is 5.69 Å². The maximum Gasteiger partial charge on any atom is 0.358 e. The molecule has 2 aromatic rings. The Morgan fingerprint density at radius 2 is 1.91 bits per heavy atom. The highest BCUT2D eigenvalue weighted by atomic mass is 16.5. The van der Waals surface area contributed by atoms with Crippen molar-refractivity contribution in [1.82, 2.24) is 15.1 Å². The fourth-order valence-corrected chi connectivity index (χ4v) is 4.43. The maximum atomic E-state index is 13.6. The van der Waals surface area contributed by atoms with Crippen LogP contribution in [-0.4, -0.2) is 52.9 Å². The van der Waals surface area contributed by atoms with Gasteiger partial charge in [0.1, 0.15) is 17.0 Å². The average molecular weight is 441 g/mol. The van der Waals surface area contributed by atoms with Gasteiger partial charge >= 0.3 is 5.97 Å². The molecule has 1 aliphatic carbocycles. The van der Waals surface area contributed by atoms with Crippen molar-refractivity contribution < 1.29 is 23.9 Å². The maximum absolute atomic E-state index is 13.6. The van der Waals surface area contributed by atoms with Crippen LogP contribution >= 0.6 is 0 Å². The third kappa shape index (κ3) is 3.83. The quantitative estimate of drug-likeness (QED) is 0.693. The summed E-state index contributed by atoms with van der Waals surface area (Å²) in [5, 5.41) is 7.40. The van der Waals surface area contributed by atoms with E-state index in [9.17, 15) is 14.4 Å². The Labute approximate surface area is 186 Å². The van der Waals surface area contributed by atoms with E-state index in [1.807, 2.05) is 0 Å². The van der Waals surface area contributed by atoms with Gasteiger partial charge in [0.25, 0.3) is 5.91 Å². The van der Waals surface area contributed by atoms with Gasteiger partial charge in [0, 0.05) is 17.8 Å². The normalized spacial score (nSPS) is 20.7. The third-order valence-corrected chi connectivity index (χ3v) is 6.15. The highest BCUT2D eigenvalue weighted by Gasteiger charge is 2.49. The second kappa shape index (κ2) is 8.64. The molecule has 4 rings (SSSR count). The summed E-state index contributed by atoms with van der Waals surface area (Å²) in [7, 11) is 1.57. The summed E-state index contributed by atoms with van der Waals surface area (Å²) in [6, 6.07) is 8.50. The molecule has 1 saturated carbocycles. The Morgan fingerprint density at radius 1 is 1.22 bits per heavy atom. The molecule has 1 aromatic heterocycles. The lowest BCUT2D eigenvalue weighted by Crippen LogP contribution is -2.65. The molecule has 0 unspecified atom stereocenters. The first-order chi connectivity index (χ1) is 15.4. The van der Waals surface area contributed by atoms with Crippen LogP contribution in [0.15, 0.2) is 30.3 Å². The second-order valence-electron chi connectivity index (χ2n) is 8.36. The topological polar surface area (TPSA) is 103 Å². The average Bonchev–Trinajstić information content (AvgIpc) is 3.44. The number of fused-ring (bicyclic) bond motifs is 1. The zero-order valence-corrected chi connectivity index (χ0v) is 18.6. The van der Waals surface area contributed by atoms with Crippen LogP contribution in [0.1, 0.15) is 60.5 Å². The number of carbonyl (C=O) groups excluding carboxylic acids is 3. The van der Waals surface area contributed by atoms with Crippen LogP contribution in [0.3, 0.4) is 0 Å². The van der Waals surface area contributed by atoms with E-state index >= 15 is 0 Å². The molecule has 1 fully saturated rings. The predicted molar refractivity (Wildman–Crippen MR) is 117 cm³/mol. The lowest BCUT2D eigenvalue weighted by Gasteiger charge is -2.43. The molecule has 9 nitrogen and oxygen atoms in total. The Balaban J connectivity index is 1.75. The Kier molecular flexibility index (Phi) is 5.90. The molecule has 170 valence electrons. The molecule has 2 heterocycles. The van der Waals surface area contributed by atoms with E-state index in [1.54, 1.807) is 45.2 Å². The van der Waals surface area contributed by atoms with Gasteiger partial charge in [-0.3, -0.25) is 19.2 Å². The molecule has 0 radical (unpaired) electrons. The van der Waals surface area contributed by atoms with Crippen molar-refractivity contribution in [2.45, 2.75) is 57.7 Å². The minimum absolute atomic E-state index is 0.0466. The van der Waals surface area contributed by atoms with Crippen molar-refractivity contribution in [1.29, 1.82) is 0 Å². The summed E-state index contributed by atoms with van der Waals surface area (Å²) in [5.41, 5.74) is -0.399. The van der Waals surface area contributed by atoms with E-state index in [2.05, 4.69) is 10.4 Å². The van der Waals surface area contributed by atoms with Gasteiger partial charge in [-0.2, -0.15) is 5.10 Å². The van der Waals surface area contributed by atoms with Gasteiger partial charge in [0.2, 0.25) is 5.91 Å². The second-order valence-corrected chi connectivity index (χ2v) is 8.36. The monoisotopic (exact) mass is 440 g/mol. The predicted octanol–water partition coefficient (Wildman–Crippen LogP) is 2.55. The van der Waals surface area contributed by atoms with Gasteiger partial charge < -0.3 is 14.8 Å². The molecule has 2 amide bonds. The lowest BCUT2D eigenvalue weighted by atomic mass is 9.93. The molecular weight excluding hydrogens is 412 g/mol. The molecule has 0 saturated heterocycles. The molecule has 0 bridgehead atoms. The summed E-state index contributed by atoms with van der Waals surface area (Å²) in [6.45, 7) is 3.75. The van der Waals surface area contributed by atoms with Crippen molar-refractivity contribution in [3.8, 4) is 5.75 Å². The molecule has 32 heavy (non-hydrogen) atoms. The van der Waals surface area contributed by atoms with Crippen molar-refractivity contribution in [3.05, 3.63) is 41.7 Å². The van der Waals surface area contributed by atoms with E-state index in [4.69, 9.17) is 9.47 Å². The van der Waals surface area contributed by atoms with Crippen molar-refractivity contribution in [2.75, 3.05) is 18.6 Å². The molecule has 0 spiro atoms. The van der Waals surface area contributed by atoms with Gasteiger partial charge in [0.05, 0.1) is 20.3 Å². The smallest absolute Gasteiger partial charge is 0.358 e. The summed E-state index contributed by atoms with van der Waals surface area (Å²) in [4.78, 5) is 40.8. The summed E-state index contributed by atoms with van der Waals surface area (Å²) in [6.07, 6.45) is 4.01. The van der Waals surface area contributed by atoms with E-state index in [0.717, 1.165) is 25.7 Å². The minimum atomic E-state index is -1.24. The first-order valence-corrected chi connectivity index (χ1v) is 10.9. The molecule has 9 heteroatoms. The highest BCUT2D eigenvalue weighted by molar-refractivity contribution is 6.12. The number of carbonyl (C=O) groups is 3. The van der Waals surface area contributed by atoms with Gasteiger partial charge in [-0.05, 0) is 51.0 Å².